The zero-order chi connectivity index (χ0) is 18.4. The molecule has 3 rings (SSSR count). The van der Waals surface area contributed by atoms with E-state index in [4.69, 9.17) is 4.74 Å². The maximum absolute atomic E-state index is 12.6. The number of para-hydroxylation sites is 1. The van der Waals surface area contributed by atoms with Crippen LogP contribution in [0.4, 0.5) is 15.3 Å². The molecule has 0 aromatic heterocycles. The lowest BCUT2D eigenvalue weighted by Crippen LogP contribution is -2.51. The van der Waals surface area contributed by atoms with Gasteiger partial charge in [-0.1, -0.05) is 48.5 Å². The normalized spacial score (nSPS) is 14.0. The van der Waals surface area contributed by atoms with E-state index in [1.165, 1.54) is 0 Å². The summed E-state index contributed by atoms with van der Waals surface area (Å²) in [4.78, 5) is 27.7. The first-order chi connectivity index (χ1) is 12.7. The van der Waals surface area contributed by atoms with Crippen molar-refractivity contribution in [3.8, 4) is 11.1 Å². The van der Waals surface area contributed by atoms with E-state index in [2.05, 4.69) is 5.32 Å². The minimum Gasteiger partial charge on any atom is -0.450 e. The van der Waals surface area contributed by atoms with Crippen molar-refractivity contribution >= 4 is 17.8 Å². The largest absolute Gasteiger partial charge is 0.450 e. The number of benzene rings is 2. The van der Waals surface area contributed by atoms with Gasteiger partial charge in [0, 0.05) is 31.7 Å². The number of hydrogen-bond donors (Lipinski definition) is 1. The van der Waals surface area contributed by atoms with Gasteiger partial charge in [0.15, 0.2) is 0 Å². The van der Waals surface area contributed by atoms with Crippen LogP contribution in [0.1, 0.15) is 6.92 Å². The summed E-state index contributed by atoms with van der Waals surface area (Å²) in [5, 5.41) is 3.00. The van der Waals surface area contributed by atoms with E-state index in [-0.39, 0.29) is 12.1 Å². The third-order valence-electron chi connectivity index (χ3n) is 4.35. The highest BCUT2D eigenvalue weighted by atomic mass is 16.6. The number of ether oxygens (including phenoxy) is 1. The van der Waals surface area contributed by atoms with Crippen LogP contribution in [0, 0.1) is 0 Å². The van der Waals surface area contributed by atoms with Crippen molar-refractivity contribution in [3.63, 3.8) is 0 Å². The minimum atomic E-state index is -0.318. The fraction of sp³-hybridized carbons (Fsp3) is 0.300. The number of urea groups is 1. The molecule has 0 atom stereocenters. The lowest BCUT2D eigenvalue weighted by molar-refractivity contribution is 0.0869. The van der Waals surface area contributed by atoms with E-state index in [1.54, 1.807) is 16.7 Å². The van der Waals surface area contributed by atoms with Gasteiger partial charge < -0.3 is 19.9 Å². The number of nitrogens with one attached hydrogen (secondary N) is 1. The number of carbonyl (C=O) groups is 2. The molecule has 1 aliphatic heterocycles. The average Bonchev–Trinajstić information content (AvgIpc) is 2.69. The molecule has 1 heterocycles. The number of anilines is 1. The maximum atomic E-state index is 12.6. The van der Waals surface area contributed by atoms with Gasteiger partial charge in [0.2, 0.25) is 0 Å². The first kappa shape index (κ1) is 17.8. The summed E-state index contributed by atoms with van der Waals surface area (Å²) in [5.74, 6) is 0. The summed E-state index contributed by atoms with van der Waals surface area (Å²) >= 11 is 0. The number of hydrogen-bond acceptors (Lipinski definition) is 3. The first-order valence-corrected chi connectivity index (χ1v) is 8.81. The summed E-state index contributed by atoms with van der Waals surface area (Å²) in [6.45, 7) is 4.07. The smallest absolute Gasteiger partial charge is 0.409 e. The van der Waals surface area contributed by atoms with Crippen LogP contribution in [0.15, 0.2) is 54.6 Å². The van der Waals surface area contributed by atoms with Crippen molar-refractivity contribution < 1.29 is 14.3 Å². The van der Waals surface area contributed by atoms with Gasteiger partial charge in [-0.2, -0.15) is 0 Å². The van der Waals surface area contributed by atoms with Gasteiger partial charge in [-0.3, -0.25) is 0 Å². The van der Waals surface area contributed by atoms with E-state index in [0.717, 1.165) is 16.8 Å². The molecular formula is C20H23N3O3. The standard InChI is InChI=1S/C20H23N3O3/c1-2-26-20(25)23-14-12-22(13-15-23)19(24)21-18-11-7-6-10-17(18)16-8-4-3-5-9-16/h3-11H,2,12-15H2,1H3,(H,21,24). The molecule has 0 bridgehead atoms. The van der Waals surface area contributed by atoms with Crippen LogP contribution in [0.3, 0.4) is 0 Å². The Bertz CT molecular complexity index is 756. The van der Waals surface area contributed by atoms with Crippen molar-refractivity contribution in [1.29, 1.82) is 0 Å². The Morgan fingerprint density at radius 1 is 0.923 bits per heavy atom. The summed E-state index contributed by atoms with van der Waals surface area (Å²) in [6.07, 6.45) is -0.318. The lowest BCUT2D eigenvalue weighted by atomic mass is 10.0. The molecule has 3 amide bonds. The Hall–Kier alpha value is -3.02. The molecule has 1 fully saturated rings. The molecule has 0 saturated carbocycles. The fourth-order valence-corrected chi connectivity index (χ4v) is 2.96. The van der Waals surface area contributed by atoms with Gasteiger partial charge in [-0.15, -0.1) is 0 Å². The molecular weight excluding hydrogens is 330 g/mol. The van der Waals surface area contributed by atoms with E-state index in [1.807, 2.05) is 54.6 Å². The average molecular weight is 353 g/mol. The highest BCUT2D eigenvalue weighted by Gasteiger charge is 2.25. The maximum Gasteiger partial charge on any atom is 0.409 e. The Morgan fingerprint density at radius 3 is 2.23 bits per heavy atom. The molecule has 0 radical (unpaired) electrons. The Labute approximate surface area is 153 Å². The van der Waals surface area contributed by atoms with E-state index in [0.29, 0.717) is 32.8 Å². The number of piperazine rings is 1. The molecule has 0 aliphatic carbocycles. The SMILES string of the molecule is CCOC(=O)N1CCN(C(=O)Nc2ccccc2-c2ccccc2)CC1. The molecule has 1 N–H and O–H groups in total. The summed E-state index contributed by atoms with van der Waals surface area (Å²) in [6, 6.07) is 17.5. The van der Waals surface area contributed by atoms with Gasteiger partial charge in [-0.05, 0) is 18.6 Å². The molecule has 2 aromatic rings. The van der Waals surface area contributed by atoms with Gasteiger partial charge >= 0.3 is 12.1 Å². The Kier molecular flexibility index (Phi) is 5.73. The fourth-order valence-electron chi connectivity index (χ4n) is 2.96. The molecule has 6 heteroatoms. The second-order valence-electron chi connectivity index (χ2n) is 6.01. The molecule has 26 heavy (non-hydrogen) atoms. The number of nitrogens with zero attached hydrogens (tertiary/aromatic N) is 2. The van der Waals surface area contributed by atoms with Gasteiger partial charge in [0.05, 0.1) is 12.3 Å². The molecule has 0 spiro atoms. The lowest BCUT2D eigenvalue weighted by Gasteiger charge is -2.34. The van der Waals surface area contributed by atoms with Gasteiger partial charge in [-0.25, -0.2) is 9.59 Å². The van der Waals surface area contributed by atoms with Crippen LogP contribution in [0.5, 0.6) is 0 Å². The Morgan fingerprint density at radius 2 is 1.54 bits per heavy atom. The molecule has 6 nitrogen and oxygen atoms in total. The highest BCUT2D eigenvalue weighted by Crippen LogP contribution is 2.27. The number of rotatable bonds is 3. The van der Waals surface area contributed by atoms with E-state index < -0.39 is 0 Å². The van der Waals surface area contributed by atoms with Crippen molar-refractivity contribution in [3.05, 3.63) is 54.6 Å². The van der Waals surface area contributed by atoms with E-state index >= 15 is 0 Å². The van der Waals surface area contributed by atoms with Crippen molar-refractivity contribution in [2.45, 2.75) is 6.92 Å². The molecule has 1 saturated heterocycles. The topological polar surface area (TPSA) is 61.9 Å². The van der Waals surface area contributed by atoms with Crippen LogP contribution < -0.4 is 5.32 Å². The van der Waals surface area contributed by atoms with Crippen molar-refractivity contribution in [1.82, 2.24) is 9.80 Å². The second kappa shape index (κ2) is 8.38. The number of carbonyl (C=O) groups excluding carboxylic acids is 2. The molecule has 1 aliphatic rings. The monoisotopic (exact) mass is 353 g/mol. The molecule has 2 aromatic carbocycles. The summed E-state index contributed by atoms with van der Waals surface area (Å²) in [7, 11) is 0. The van der Waals surface area contributed by atoms with Gasteiger partial charge in [0.1, 0.15) is 0 Å². The third-order valence-corrected chi connectivity index (χ3v) is 4.35. The zero-order valence-corrected chi connectivity index (χ0v) is 14.9. The predicted molar refractivity (Wildman–Crippen MR) is 101 cm³/mol. The molecule has 0 unspecified atom stereocenters. The summed E-state index contributed by atoms with van der Waals surface area (Å²) < 4.78 is 5.01. The first-order valence-electron chi connectivity index (χ1n) is 8.81. The van der Waals surface area contributed by atoms with Crippen LogP contribution in [-0.4, -0.2) is 54.7 Å². The highest BCUT2D eigenvalue weighted by molar-refractivity contribution is 5.94. The zero-order valence-electron chi connectivity index (χ0n) is 14.9. The minimum absolute atomic E-state index is 0.156. The van der Waals surface area contributed by atoms with Crippen LogP contribution in [0.2, 0.25) is 0 Å². The summed E-state index contributed by atoms with van der Waals surface area (Å²) in [5.41, 5.74) is 2.80. The quantitative estimate of drug-likeness (QED) is 0.916. The van der Waals surface area contributed by atoms with Crippen LogP contribution >= 0.6 is 0 Å². The predicted octanol–water partition coefficient (Wildman–Crippen LogP) is 3.66. The van der Waals surface area contributed by atoms with Crippen LogP contribution in [0.25, 0.3) is 11.1 Å². The molecule has 136 valence electrons. The van der Waals surface area contributed by atoms with Gasteiger partial charge in [0.25, 0.3) is 0 Å². The van der Waals surface area contributed by atoms with E-state index in [9.17, 15) is 9.59 Å². The van der Waals surface area contributed by atoms with Crippen molar-refractivity contribution in [2.24, 2.45) is 0 Å². The van der Waals surface area contributed by atoms with Crippen molar-refractivity contribution in [2.75, 3.05) is 38.1 Å². The van der Waals surface area contributed by atoms with Crippen LogP contribution in [-0.2, 0) is 4.74 Å². The third kappa shape index (κ3) is 4.14. The number of amides is 3. The second-order valence-corrected chi connectivity index (χ2v) is 6.01. The Balaban J connectivity index is 1.64.